The number of fused-ring (bicyclic) bond motifs is 2. The number of hydrogen-bond donors (Lipinski definition) is 1. The highest BCUT2D eigenvalue weighted by atomic mass is 15.3. The Labute approximate surface area is 156 Å². The predicted octanol–water partition coefficient (Wildman–Crippen LogP) is 3.99. The summed E-state index contributed by atoms with van der Waals surface area (Å²) >= 11 is 0. The molecule has 27 heavy (non-hydrogen) atoms. The molecule has 132 valence electrons. The van der Waals surface area contributed by atoms with Gasteiger partial charge in [0.15, 0.2) is 0 Å². The first kappa shape index (κ1) is 16.7. The first-order valence-corrected chi connectivity index (χ1v) is 8.77. The van der Waals surface area contributed by atoms with Gasteiger partial charge in [0.2, 0.25) is 0 Å². The number of aromatic amines is 1. The second-order valence-electron chi connectivity index (χ2n) is 6.17. The van der Waals surface area contributed by atoms with Gasteiger partial charge in [-0.05, 0) is 23.6 Å². The average Bonchev–Trinajstić information content (AvgIpc) is 3.46. The van der Waals surface area contributed by atoms with Crippen LogP contribution in [0, 0.1) is 11.3 Å². The number of nitrogens with zero attached hydrogens (tertiary/aromatic N) is 5. The summed E-state index contributed by atoms with van der Waals surface area (Å²) in [7, 11) is 0. The molecule has 1 aliphatic carbocycles. The van der Waals surface area contributed by atoms with E-state index >= 15 is 0 Å². The molecule has 6 heteroatoms. The van der Waals surface area contributed by atoms with Crippen LogP contribution in [-0.4, -0.2) is 24.7 Å². The van der Waals surface area contributed by atoms with E-state index in [9.17, 15) is 0 Å². The van der Waals surface area contributed by atoms with Gasteiger partial charge in [-0.25, -0.2) is 9.97 Å². The van der Waals surface area contributed by atoms with Crippen LogP contribution in [0.3, 0.4) is 0 Å². The number of allylic oxidation sites excluding steroid dienone is 1. The van der Waals surface area contributed by atoms with Crippen molar-refractivity contribution < 1.29 is 0 Å². The van der Waals surface area contributed by atoms with Gasteiger partial charge in [-0.3, -0.25) is 4.68 Å². The fraction of sp³-hybridized carbons (Fsp3) is 0.143. The highest BCUT2D eigenvalue weighted by Gasteiger charge is 2.09. The summed E-state index contributed by atoms with van der Waals surface area (Å²) in [5.74, 6) is 0. The lowest BCUT2D eigenvalue weighted by molar-refractivity contribution is 0.628. The molecule has 0 bridgehead atoms. The zero-order valence-electron chi connectivity index (χ0n) is 14.7. The Hall–Kier alpha value is -3.72. The van der Waals surface area contributed by atoms with Crippen molar-refractivity contribution in [3.8, 4) is 17.3 Å². The Morgan fingerprint density at radius 3 is 3.00 bits per heavy atom. The molecule has 1 aromatic carbocycles. The van der Waals surface area contributed by atoms with E-state index < -0.39 is 0 Å². The normalized spacial score (nSPS) is 11.7. The Morgan fingerprint density at radius 1 is 1.19 bits per heavy atom. The van der Waals surface area contributed by atoms with Gasteiger partial charge in [-0.15, -0.1) is 0 Å². The van der Waals surface area contributed by atoms with E-state index in [2.05, 4.69) is 62.5 Å². The third kappa shape index (κ3) is 3.62. The molecule has 6 nitrogen and oxygen atoms in total. The molecule has 3 heterocycles. The Bertz CT molecular complexity index is 1130. The highest BCUT2D eigenvalue weighted by Crippen LogP contribution is 2.24. The third-order valence-electron chi connectivity index (χ3n) is 4.40. The summed E-state index contributed by atoms with van der Waals surface area (Å²) in [5, 5.41) is 13.7. The van der Waals surface area contributed by atoms with Crippen LogP contribution in [-0.2, 0) is 13.0 Å². The van der Waals surface area contributed by atoms with Crippen molar-refractivity contribution in [2.24, 2.45) is 0 Å². The highest BCUT2D eigenvalue weighted by molar-refractivity contribution is 5.89. The molecule has 0 radical (unpaired) electrons. The van der Waals surface area contributed by atoms with E-state index in [1.54, 1.807) is 10.9 Å². The van der Waals surface area contributed by atoms with Crippen LogP contribution in [0.4, 0.5) is 0 Å². The number of nitriles is 1. The van der Waals surface area contributed by atoms with Gasteiger partial charge in [0, 0.05) is 23.3 Å². The molecule has 1 aliphatic rings. The molecule has 4 aromatic rings. The van der Waals surface area contributed by atoms with Crippen LogP contribution in [0.25, 0.3) is 28.4 Å². The number of aryl methyl sites for hydroxylation is 1. The Morgan fingerprint density at radius 2 is 2.11 bits per heavy atom. The molecule has 1 N–H and O–H groups in total. The number of nitrogens with one attached hydrogen (secondary N) is 1. The Kier molecular flexibility index (Phi) is 4.75. The van der Waals surface area contributed by atoms with E-state index in [0.29, 0.717) is 13.0 Å². The topological polar surface area (TPSA) is 83.2 Å². The molecular formula is C21H18N6. The SMILES string of the molecule is C1=Cc2ccccc2C1.N#CCCn1cc(-c2ncnc3[nH]ccc23)cn1. The largest absolute Gasteiger partial charge is 0.346 e. The van der Waals surface area contributed by atoms with Crippen LogP contribution in [0.15, 0.2) is 61.3 Å². The molecule has 3 aromatic heterocycles. The smallest absolute Gasteiger partial charge is 0.141 e. The van der Waals surface area contributed by atoms with Crippen LogP contribution in [0.5, 0.6) is 0 Å². The standard InChI is InChI=1S/C12H10N6.C9H8/c13-3-1-5-18-7-9(6-17-18)11-10-2-4-14-12(10)16-8-15-11;1-2-5-9-7-3-6-8(9)4-1/h2,4,6-8H,1,5H2,(H,14,15,16);1-6H,7H2. The average molecular weight is 354 g/mol. The summed E-state index contributed by atoms with van der Waals surface area (Å²) in [4.78, 5) is 11.5. The minimum atomic E-state index is 0.449. The molecule has 0 fully saturated rings. The van der Waals surface area contributed by atoms with Gasteiger partial charge in [-0.2, -0.15) is 10.4 Å². The number of hydrogen-bond acceptors (Lipinski definition) is 4. The van der Waals surface area contributed by atoms with E-state index in [-0.39, 0.29) is 0 Å². The van der Waals surface area contributed by atoms with Gasteiger partial charge in [0.1, 0.15) is 12.0 Å². The molecule has 0 aliphatic heterocycles. The molecule has 0 amide bonds. The van der Waals surface area contributed by atoms with Crippen LogP contribution in [0.2, 0.25) is 0 Å². The molecule has 0 unspecified atom stereocenters. The van der Waals surface area contributed by atoms with Crippen molar-refractivity contribution in [3.05, 3.63) is 72.5 Å². The van der Waals surface area contributed by atoms with E-state index in [1.807, 2.05) is 18.5 Å². The van der Waals surface area contributed by atoms with Gasteiger partial charge in [0.25, 0.3) is 0 Å². The van der Waals surface area contributed by atoms with E-state index in [4.69, 9.17) is 5.26 Å². The van der Waals surface area contributed by atoms with Crippen LogP contribution in [0.1, 0.15) is 17.5 Å². The van der Waals surface area contributed by atoms with Gasteiger partial charge in [0.05, 0.1) is 30.9 Å². The second-order valence-corrected chi connectivity index (χ2v) is 6.17. The molecule has 0 spiro atoms. The maximum atomic E-state index is 8.55. The first-order chi connectivity index (χ1) is 13.3. The lowest BCUT2D eigenvalue weighted by atomic mass is 10.1. The fourth-order valence-electron chi connectivity index (χ4n) is 3.07. The van der Waals surface area contributed by atoms with Gasteiger partial charge < -0.3 is 4.98 Å². The van der Waals surface area contributed by atoms with Crippen LogP contribution >= 0.6 is 0 Å². The molecular weight excluding hydrogens is 336 g/mol. The maximum Gasteiger partial charge on any atom is 0.141 e. The summed E-state index contributed by atoms with van der Waals surface area (Å²) in [6, 6.07) is 12.5. The van der Waals surface area contributed by atoms with E-state index in [0.717, 1.165) is 28.7 Å². The van der Waals surface area contributed by atoms with Crippen LogP contribution < -0.4 is 0 Å². The van der Waals surface area contributed by atoms with Crippen molar-refractivity contribution >= 4 is 17.1 Å². The summed E-state index contributed by atoms with van der Waals surface area (Å²) in [6.07, 6.45) is 13.0. The maximum absolute atomic E-state index is 8.55. The molecule has 0 saturated heterocycles. The summed E-state index contributed by atoms with van der Waals surface area (Å²) in [5.41, 5.74) is 5.43. The predicted molar refractivity (Wildman–Crippen MR) is 105 cm³/mol. The summed E-state index contributed by atoms with van der Waals surface area (Å²) in [6.45, 7) is 0.595. The summed E-state index contributed by atoms with van der Waals surface area (Å²) < 4.78 is 1.75. The number of H-pyrrole nitrogens is 1. The second kappa shape index (κ2) is 7.67. The number of benzene rings is 1. The molecule has 0 atom stereocenters. The van der Waals surface area contributed by atoms with Crippen molar-refractivity contribution in [3.63, 3.8) is 0 Å². The minimum absolute atomic E-state index is 0.449. The number of rotatable bonds is 3. The third-order valence-corrected chi connectivity index (χ3v) is 4.40. The zero-order valence-corrected chi connectivity index (χ0v) is 14.7. The quantitative estimate of drug-likeness (QED) is 0.603. The zero-order chi connectivity index (χ0) is 18.5. The lowest BCUT2D eigenvalue weighted by Crippen LogP contribution is -1.96. The monoisotopic (exact) mass is 354 g/mol. The van der Waals surface area contributed by atoms with Gasteiger partial charge >= 0.3 is 0 Å². The minimum Gasteiger partial charge on any atom is -0.346 e. The van der Waals surface area contributed by atoms with E-state index in [1.165, 1.54) is 17.5 Å². The molecule has 5 rings (SSSR count). The van der Waals surface area contributed by atoms with Crippen molar-refractivity contribution in [1.29, 1.82) is 5.26 Å². The number of aromatic nitrogens is 5. The van der Waals surface area contributed by atoms with Crippen molar-refractivity contribution in [2.75, 3.05) is 0 Å². The van der Waals surface area contributed by atoms with Crippen molar-refractivity contribution in [2.45, 2.75) is 19.4 Å². The van der Waals surface area contributed by atoms with Crippen molar-refractivity contribution in [1.82, 2.24) is 24.7 Å². The Balaban J connectivity index is 0.000000167. The lowest BCUT2D eigenvalue weighted by Gasteiger charge is -1.98. The van der Waals surface area contributed by atoms with Gasteiger partial charge in [-0.1, -0.05) is 36.4 Å². The first-order valence-electron chi connectivity index (χ1n) is 8.77. The molecule has 0 saturated carbocycles. The fourth-order valence-corrected chi connectivity index (χ4v) is 3.07.